The molecule has 0 N–H and O–H groups in total. The summed E-state index contributed by atoms with van der Waals surface area (Å²) in [7, 11) is -3.71. The van der Waals surface area contributed by atoms with E-state index in [1.807, 2.05) is 0 Å². The van der Waals surface area contributed by atoms with E-state index in [9.17, 15) is 8.42 Å². The second-order valence-corrected chi connectivity index (χ2v) is 11.3. The number of nitrogens with zero attached hydrogens (tertiary/aromatic N) is 3. The van der Waals surface area contributed by atoms with Crippen molar-refractivity contribution >= 4 is 45.0 Å². The number of hydrogen-bond acceptors (Lipinski definition) is 5. The molecular formula is C21H23Cl2N3O2S2. The summed E-state index contributed by atoms with van der Waals surface area (Å²) in [6.45, 7) is 6.50. The number of hydrogen-bond donors (Lipinski definition) is 0. The van der Waals surface area contributed by atoms with Gasteiger partial charge in [0.15, 0.2) is 0 Å². The van der Waals surface area contributed by atoms with E-state index in [1.165, 1.54) is 16.1 Å². The quantitative estimate of drug-likeness (QED) is 0.582. The van der Waals surface area contributed by atoms with Crippen LogP contribution in [-0.2, 0) is 16.4 Å². The lowest BCUT2D eigenvalue weighted by Gasteiger charge is -2.36. The van der Waals surface area contributed by atoms with Crippen LogP contribution in [0.25, 0.3) is 0 Å². The van der Waals surface area contributed by atoms with E-state index in [4.69, 9.17) is 28.5 Å². The molecule has 30 heavy (non-hydrogen) atoms. The third-order valence-corrected chi connectivity index (χ3v) is 8.53. The number of sulfonamides is 1. The third kappa shape index (κ3) is 5.50. The molecule has 0 bridgehead atoms. The van der Waals surface area contributed by atoms with Crippen LogP contribution in [-0.4, -0.2) is 49.8 Å². The lowest BCUT2D eigenvalue weighted by Crippen LogP contribution is -2.50. The van der Waals surface area contributed by atoms with E-state index >= 15 is 0 Å². The summed E-state index contributed by atoms with van der Waals surface area (Å²) >= 11 is 13.5. The lowest BCUT2D eigenvalue weighted by atomic mass is 10.2. The minimum Gasteiger partial charge on any atom is -0.298 e. The normalized spacial score (nSPS) is 16.0. The van der Waals surface area contributed by atoms with Gasteiger partial charge in [0.2, 0.25) is 10.0 Å². The van der Waals surface area contributed by atoms with E-state index in [1.54, 1.807) is 36.4 Å². The van der Waals surface area contributed by atoms with Gasteiger partial charge in [-0.25, -0.2) is 8.42 Å². The molecule has 0 aliphatic carbocycles. The van der Waals surface area contributed by atoms with Gasteiger partial charge in [-0.15, -0.1) is 0 Å². The first-order valence-electron chi connectivity index (χ1n) is 9.58. The molecular weight excluding hydrogens is 461 g/mol. The molecule has 0 aromatic heterocycles. The molecule has 0 unspecified atom stereocenters. The molecule has 1 aliphatic rings. The van der Waals surface area contributed by atoms with Crippen molar-refractivity contribution in [2.75, 3.05) is 26.2 Å². The molecule has 2 aromatic rings. The predicted molar refractivity (Wildman–Crippen MR) is 122 cm³/mol. The van der Waals surface area contributed by atoms with Crippen LogP contribution in [0.15, 0.2) is 51.1 Å². The van der Waals surface area contributed by atoms with Crippen molar-refractivity contribution in [3.05, 3.63) is 52.0 Å². The summed E-state index contributed by atoms with van der Waals surface area (Å²) in [5, 5.41) is 10.0. The summed E-state index contributed by atoms with van der Waals surface area (Å²) in [4.78, 5) is 3.82. The Morgan fingerprint density at radius 1 is 1.07 bits per heavy atom. The fraction of sp³-hybridized carbons (Fsp3) is 0.381. The van der Waals surface area contributed by atoms with Crippen molar-refractivity contribution in [3.63, 3.8) is 0 Å². The van der Waals surface area contributed by atoms with Crippen LogP contribution < -0.4 is 0 Å². The van der Waals surface area contributed by atoms with Gasteiger partial charge in [-0.2, -0.15) is 9.57 Å². The highest BCUT2D eigenvalue weighted by Gasteiger charge is 2.31. The fourth-order valence-corrected chi connectivity index (χ4v) is 6.92. The van der Waals surface area contributed by atoms with Crippen molar-refractivity contribution in [1.82, 2.24) is 9.21 Å². The van der Waals surface area contributed by atoms with Gasteiger partial charge in [0.1, 0.15) is 0 Å². The second kappa shape index (κ2) is 9.90. The molecule has 160 valence electrons. The first-order valence-corrected chi connectivity index (χ1v) is 12.6. The second-order valence-electron chi connectivity index (χ2n) is 7.36. The molecule has 1 heterocycles. The zero-order chi connectivity index (χ0) is 21.9. The van der Waals surface area contributed by atoms with Crippen LogP contribution in [0.5, 0.6) is 0 Å². The van der Waals surface area contributed by atoms with Crippen LogP contribution in [0.1, 0.15) is 19.4 Å². The highest BCUT2D eigenvalue weighted by molar-refractivity contribution is 8.00. The molecule has 0 amide bonds. The Hall–Kier alpha value is -1.27. The third-order valence-electron chi connectivity index (χ3n) is 4.98. The maximum Gasteiger partial charge on any atom is 0.244 e. The first-order chi connectivity index (χ1) is 14.2. The molecule has 1 fully saturated rings. The molecule has 5 nitrogen and oxygen atoms in total. The average Bonchev–Trinajstić information content (AvgIpc) is 2.68. The lowest BCUT2D eigenvalue weighted by molar-refractivity contribution is 0.154. The summed E-state index contributed by atoms with van der Waals surface area (Å²) in [5.41, 5.74) is 0.672. The first kappa shape index (κ1) is 23.4. The average molecular weight is 484 g/mol. The Labute approximate surface area is 192 Å². The van der Waals surface area contributed by atoms with Crippen LogP contribution in [0.2, 0.25) is 10.0 Å². The molecule has 3 rings (SSSR count). The minimum absolute atomic E-state index is 0.150. The summed E-state index contributed by atoms with van der Waals surface area (Å²) in [6, 6.07) is 12.8. The fourth-order valence-electron chi connectivity index (χ4n) is 3.35. The highest BCUT2D eigenvalue weighted by Crippen LogP contribution is 2.37. The van der Waals surface area contributed by atoms with Gasteiger partial charge in [-0.1, -0.05) is 41.0 Å². The van der Waals surface area contributed by atoms with Crippen molar-refractivity contribution in [3.8, 4) is 6.07 Å². The minimum atomic E-state index is -3.71. The molecule has 2 aromatic carbocycles. The summed E-state index contributed by atoms with van der Waals surface area (Å²) in [5.74, 6) is 0. The van der Waals surface area contributed by atoms with Crippen molar-refractivity contribution < 1.29 is 8.42 Å². The van der Waals surface area contributed by atoms with E-state index in [2.05, 4.69) is 24.8 Å². The standard InChI is InChI=1S/C21H23Cl2N3O2S2/c1-15(2)25-7-9-26(10-8-25)30(27,28)21-11-16(5-6-24)3-4-20(21)29-19-13-17(22)12-18(23)14-19/h3-4,11-15H,5,7-10H2,1-2H3. The van der Waals surface area contributed by atoms with E-state index in [-0.39, 0.29) is 11.3 Å². The van der Waals surface area contributed by atoms with E-state index in [0.29, 0.717) is 52.7 Å². The van der Waals surface area contributed by atoms with Crippen LogP contribution in [0.4, 0.5) is 0 Å². The van der Waals surface area contributed by atoms with Gasteiger partial charge < -0.3 is 0 Å². The monoisotopic (exact) mass is 483 g/mol. The maximum atomic E-state index is 13.5. The van der Waals surface area contributed by atoms with E-state index in [0.717, 1.165) is 4.90 Å². The van der Waals surface area contributed by atoms with Crippen molar-refractivity contribution in [2.24, 2.45) is 0 Å². The number of piperazine rings is 1. The summed E-state index contributed by atoms with van der Waals surface area (Å²) in [6.07, 6.45) is 0.150. The van der Waals surface area contributed by atoms with Crippen LogP contribution >= 0.6 is 35.0 Å². The van der Waals surface area contributed by atoms with Crippen molar-refractivity contribution in [1.29, 1.82) is 5.26 Å². The van der Waals surface area contributed by atoms with Gasteiger partial charge in [0, 0.05) is 52.1 Å². The van der Waals surface area contributed by atoms with Gasteiger partial charge in [-0.05, 0) is 49.7 Å². The zero-order valence-corrected chi connectivity index (χ0v) is 20.0. The largest absolute Gasteiger partial charge is 0.298 e. The Morgan fingerprint density at radius 2 is 1.70 bits per heavy atom. The van der Waals surface area contributed by atoms with Gasteiger partial charge in [-0.3, -0.25) is 4.90 Å². The van der Waals surface area contributed by atoms with Crippen LogP contribution in [0.3, 0.4) is 0 Å². The maximum absolute atomic E-state index is 13.5. The number of benzene rings is 2. The smallest absolute Gasteiger partial charge is 0.244 e. The Bertz CT molecular complexity index is 1040. The molecule has 0 radical (unpaired) electrons. The van der Waals surface area contributed by atoms with Gasteiger partial charge in [0.05, 0.1) is 17.4 Å². The Balaban J connectivity index is 1.96. The number of nitriles is 1. The van der Waals surface area contributed by atoms with Gasteiger partial charge >= 0.3 is 0 Å². The predicted octanol–water partition coefficient (Wildman–Crippen LogP) is 4.93. The van der Waals surface area contributed by atoms with E-state index < -0.39 is 10.0 Å². The zero-order valence-electron chi connectivity index (χ0n) is 16.8. The highest BCUT2D eigenvalue weighted by atomic mass is 35.5. The topological polar surface area (TPSA) is 64.4 Å². The SMILES string of the molecule is CC(C)N1CCN(S(=O)(=O)c2cc(CC#N)ccc2Sc2cc(Cl)cc(Cl)c2)CC1. The number of rotatable bonds is 6. The molecule has 0 atom stereocenters. The van der Waals surface area contributed by atoms with Crippen LogP contribution in [0, 0.1) is 11.3 Å². The number of halogens is 2. The molecule has 9 heteroatoms. The summed E-state index contributed by atoms with van der Waals surface area (Å²) < 4.78 is 28.6. The Kier molecular flexibility index (Phi) is 7.72. The van der Waals surface area contributed by atoms with Crippen molar-refractivity contribution in [2.45, 2.75) is 41.0 Å². The molecule has 0 spiro atoms. The van der Waals surface area contributed by atoms with Gasteiger partial charge in [0.25, 0.3) is 0 Å². The molecule has 1 aliphatic heterocycles. The molecule has 1 saturated heterocycles. The Morgan fingerprint density at radius 3 is 2.27 bits per heavy atom. The molecule has 0 saturated carbocycles.